The number of ether oxygens (including phenoxy) is 1. The Balaban J connectivity index is 1.35. The first kappa shape index (κ1) is 32.7. The smallest absolute Gasteiger partial charge is 0.283 e. The zero-order valence-electron chi connectivity index (χ0n) is 28.6. The van der Waals surface area contributed by atoms with Gasteiger partial charge in [-0.2, -0.15) is 13.0 Å². The molecule has 2 aliphatic rings. The fourth-order valence-corrected chi connectivity index (χ4v) is 8.14. The molecule has 6 nitrogen and oxygen atoms in total. The first-order valence-corrected chi connectivity index (χ1v) is 17.8. The van der Waals surface area contributed by atoms with Gasteiger partial charge < -0.3 is 9.64 Å². The predicted molar refractivity (Wildman–Crippen MR) is 195 cm³/mol. The van der Waals surface area contributed by atoms with E-state index in [0.717, 1.165) is 33.5 Å². The van der Waals surface area contributed by atoms with Gasteiger partial charge in [0.05, 0.1) is 17.6 Å². The quantitative estimate of drug-likeness (QED) is 0.117. The Kier molecular flexibility index (Phi) is 8.22. The average molecular weight is 650 g/mol. The van der Waals surface area contributed by atoms with E-state index in [-0.39, 0.29) is 5.41 Å². The molecule has 7 heteroatoms. The first-order chi connectivity index (χ1) is 22.1. The summed E-state index contributed by atoms with van der Waals surface area (Å²) >= 11 is 0. The van der Waals surface area contributed by atoms with Crippen LogP contribution in [0.15, 0.2) is 96.7 Å². The molecule has 0 saturated carbocycles. The monoisotopic (exact) mass is 649 g/mol. The summed E-state index contributed by atoms with van der Waals surface area (Å²) in [6, 6.07) is 20.9. The van der Waals surface area contributed by atoms with E-state index >= 15 is 0 Å². The van der Waals surface area contributed by atoms with Crippen molar-refractivity contribution in [1.82, 2.24) is 0 Å². The van der Waals surface area contributed by atoms with Gasteiger partial charge in [-0.05, 0) is 78.2 Å². The van der Waals surface area contributed by atoms with Crippen molar-refractivity contribution in [3.63, 3.8) is 0 Å². The van der Waals surface area contributed by atoms with E-state index in [1.54, 1.807) is 4.90 Å². The van der Waals surface area contributed by atoms with E-state index in [9.17, 15) is 13.0 Å². The van der Waals surface area contributed by atoms with Crippen molar-refractivity contribution in [3.8, 4) is 5.75 Å². The second-order valence-electron chi connectivity index (χ2n) is 14.3. The highest BCUT2D eigenvalue weighted by molar-refractivity contribution is 7.85. The minimum Gasteiger partial charge on any atom is -0.493 e. The van der Waals surface area contributed by atoms with Gasteiger partial charge >= 0.3 is 0 Å². The number of benzene rings is 4. The van der Waals surface area contributed by atoms with Gasteiger partial charge in [-0.1, -0.05) is 82.3 Å². The maximum Gasteiger partial charge on any atom is 0.283 e. The Hall–Kier alpha value is -4.20. The van der Waals surface area contributed by atoms with E-state index < -0.39 is 21.4 Å². The molecule has 244 valence electrons. The molecule has 1 N–H and O–H groups in total. The van der Waals surface area contributed by atoms with Gasteiger partial charge in [-0.25, -0.2) is 0 Å². The van der Waals surface area contributed by atoms with E-state index in [1.165, 1.54) is 33.3 Å². The summed E-state index contributed by atoms with van der Waals surface area (Å²) in [5, 5.41) is 4.52. The molecule has 2 aliphatic heterocycles. The lowest BCUT2D eigenvalue weighted by molar-refractivity contribution is -0.401. The van der Waals surface area contributed by atoms with E-state index in [2.05, 4.69) is 103 Å². The number of fused-ring (bicyclic) bond motifs is 6. The number of rotatable bonds is 8. The lowest BCUT2D eigenvalue weighted by atomic mass is 9.78. The van der Waals surface area contributed by atoms with E-state index in [1.807, 2.05) is 48.6 Å². The van der Waals surface area contributed by atoms with Crippen LogP contribution in [0, 0.1) is 12.8 Å². The van der Waals surface area contributed by atoms with E-state index in [0.29, 0.717) is 12.5 Å². The molecule has 0 saturated heterocycles. The van der Waals surface area contributed by atoms with Gasteiger partial charge in [-0.3, -0.25) is 4.55 Å². The minimum atomic E-state index is -4.28. The Morgan fingerprint density at radius 3 is 2.36 bits per heavy atom. The highest BCUT2D eigenvalue weighted by atomic mass is 32.2. The molecule has 47 heavy (non-hydrogen) atoms. The van der Waals surface area contributed by atoms with Crippen molar-refractivity contribution in [2.45, 2.75) is 59.3 Å². The van der Waals surface area contributed by atoms with Crippen LogP contribution >= 0.6 is 0 Å². The highest BCUT2D eigenvalue weighted by Crippen LogP contribution is 2.51. The van der Waals surface area contributed by atoms with Gasteiger partial charge in [0.25, 0.3) is 10.1 Å². The third-order valence-electron chi connectivity index (χ3n) is 9.54. The van der Waals surface area contributed by atoms with Crippen LogP contribution in [0.1, 0.15) is 58.2 Å². The van der Waals surface area contributed by atoms with Crippen LogP contribution in [0.5, 0.6) is 5.75 Å². The highest BCUT2D eigenvalue weighted by Gasteiger charge is 2.45. The summed E-state index contributed by atoms with van der Waals surface area (Å²) in [6.45, 7) is 15.8. The minimum absolute atomic E-state index is 0.278. The fourth-order valence-electron chi connectivity index (χ4n) is 7.53. The third-order valence-corrected chi connectivity index (χ3v) is 10.1. The van der Waals surface area contributed by atoms with Gasteiger partial charge in [0.15, 0.2) is 11.6 Å². The van der Waals surface area contributed by atoms with Crippen molar-refractivity contribution in [2.75, 3.05) is 24.4 Å². The van der Waals surface area contributed by atoms with Crippen LogP contribution in [0.4, 0.5) is 11.4 Å². The number of hydrogen-bond acceptors (Lipinski definition) is 4. The molecule has 0 aromatic heterocycles. The number of nitrogens with zero attached hydrogens (tertiary/aromatic N) is 2. The van der Waals surface area contributed by atoms with Crippen LogP contribution < -0.4 is 9.64 Å². The van der Waals surface area contributed by atoms with Crippen molar-refractivity contribution in [2.24, 2.45) is 5.92 Å². The fraction of sp³-hybridized carbons (Fsp3) is 0.325. The van der Waals surface area contributed by atoms with Crippen molar-refractivity contribution >= 4 is 48.7 Å². The normalized spacial score (nSPS) is 18.1. The van der Waals surface area contributed by atoms with Crippen LogP contribution in [0.25, 0.3) is 21.5 Å². The van der Waals surface area contributed by atoms with E-state index in [4.69, 9.17) is 4.74 Å². The van der Waals surface area contributed by atoms with Crippen LogP contribution in [0.3, 0.4) is 0 Å². The predicted octanol–water partition coefficient (Wildman–Crippen LogP) is 8.98. The molecule has 0 spiro atoms. The summed E-state index contributed by atoms with van der Waals surface area (Å²) < 4.78 is 42.9. The molecule has 0 aliphatic carbocycles. The Morgan fingerprint density at radius 2 is 1.64 bits per heavy atom. The lowest BCUT2D eigenvalue weighted by Crippen LogP contribution is -2.30. The van der Waals surface area contributed by atoms with Gasteiger partial charge in [-0.15, -0.1) is 0 Å². The number of aryl methyl sites for hydroxylation is 1. The molecule has 0 radical (unpaired) electrons. The second kappa shape index (κ2) is 11.8. The molecule has 4 aromatic rings. The average Bonchev–Trinajstić information content (AvgIpc) is 3.32. The maximum absolute atomic E-state index is 12.2. The standard InChI is InChI=1S/C40H44N2O4S/c1-26(2)24-46-33-23-27(3)22-29-19-20-31-38(36(29)33)39(4,5)34(41(31)8)16-10-9-11-17-35-40(6,7)37-30-15-13-12-14-28(30)18-21-32(37)42(35)25-47(43,44)45/h9-23,26H,24-25H2,1-8H3/p+1. The zero-order chi connectivity index (χ0) is 33.9. The Labute approximate surface area is 279 Å². The number of hydrogen-bond donors (Lipinski definition) is 1. The third kappa shape index (κ3) is 5.80. The summed E-state index contributed by atoms with van der Waals surface area (Å²) in [5.41, 5.74) is 6.67. The molecule has 0 unspecified atom stereocenters. The number of anilines is 1. The Bertz CT molecular complexity index is 2150. The molecule has 6 rings (SSSR count). The molecule has 2 heterocycles. The molecule has 0 amide bonds. The number of allylic oxidation sites excluding steroid dienone is 6. The van der Waals surface area contributed by atoms with Crippen LogP contribution in [-0.2, 0) is 20.9 Å². The van der Waals surface area contributed by atoms with Gasteiger partial charge in [0.2, 0.25) is 5.69 Å². The van der Waals surface area contributed by atoms with Gasteiger partial charge in [0.1, 0.15) is 12.8 Å². The van der Waals surface area contributed by atoms with Crippen molar-refractivity contribution in [3.05, 3.63) is 113 Å². The molecule has 0 atom stereocenters. The summed E-state index contributed by atoms with van der Waals surface area (Å²) in [5.74, 6) is 0.849. The Morgan fingerprint density at radius 1 is 0.915 bits per heavy atom. The topological polar surface area (TPSA) is 69.8 Å². The summed E-state index contributed by atoms with van der Waals surface area (Å²) in [6.07, 6.45) is 10.1. The molecule has 0 bridgehead atoms. The largest absolute Gasteiger partial charge is 0.493 e. The molecule has 4 aromatic carbocycles. The molecular weight excluding hydrogens is 605 g/mol. The SMILES string of the molecule is Cc1cc(OCC(C)C)c2c3c(ccc2c1)[N+](C)=C(C=CC=CC=C1N(CS(=O)(=O)O)c2ccc4ccccc4c2C1(C)C)C3(C)C. The first-order valence-electron chi connectivity index (χ1n) is 16.2. The maximum atomic E-state index is 12.2. The lowest BCUT2D eigenvalue weighted by Gasteiger charge is -2.26. The van der Waals surface area contributed by atoms with Crippen molar-refractivity contribution < 1.29 is 22.3 Å². The zero-order valence-corrected chi connectivity index (χ0v) is 29.4. The second-order valence-corrected chi connectivity index (χ2v) is 15.8. The summed E-state index contributed by atoms with van der Waals surface area (Å²) in [7, 11) is -2.16. The van der Waals surface area contributed by atoms with Gasteiger partial charge in [0, 0.05) is 34.3 Å². The van der Waals surface area contributed by atoms with Crippen molar-refractivity contribution in [1.29, 1.82) is 0 Å². The van der Waals surface area contributed by atoms with Crippen LogP contribution in [-0.4, -0.2) is 42.8 Å². The van der Waals surface area contributed by atoms with Crippen LogP contribution in [0.2, 0.25) is 0 Å². The molecular formula is C40H45N2O4S+. The molecule has 0 fully saturated rings. The summed E-state index contributed by atoms with van der Waals surface area (Å²) in [4.78, 5) is 1.72.